The highest BCUT2D eigenvalue weighted by Crippen LogP contribution is 2.27. The van der Waals surface area contributed by atoms with E-state index in [1.807, 2.05) is 4.90 Å². The molecule has 1 aliphatic rings. The largest absolute Gasteiger partial charge is 0.465 e. The monoisotopic (exact) mass is 370 g/mol. The molecule has 0 spiro atoms. The molecular formula is C15H13Cl2FN4O2. The highest BCUT2D eigenvalue weighted by molar-refractivity contribution is 6.31. The van der Waals surface area contributed by atoms with E-state index in [0.29, 0.717) is 43.3 Å². The predicted molar refractivity (Wildman–Crippen MR) is 89.3 cm³/mol. The Balaban J connectivity index is 1.87. The first-order chi connectivity index (χ1) is 11.4. The van der Waals surface area contributed by atoms with E-state index in [-0.39, 0.29) is 10.3 Å². The molecule has 126 valence electrons. The van der Waals surface area contributed by atoms with Crippen molar-refractivity contribution in [3.8, 4) is 11.3 Å². The van der Waals surface area contributed by atoms with Gasteiger partial charge in [-0.15, -0.1) is 0 Å². The second-order valence-corrected chi connectivity index (χ2v) is 6.01. The average Bonchev–Trinajstić information content (AvgIpc) is 2.57. The van der Waals surface area contributed by atoms with E-state index < -0.39 is 11.9 Å². The van der Waals surface area contributed by atoms with Gasteiger partial charge in [-0.05, 0) is 29.8 Å². The van der Waals surface area contributed by atoms with E-state index in [2.05, 4.69) is 9.97 Å². The maximum absolute atomic E-state index is 13.3. The first-order valence-corrected chi connectivity index (χ1v) is 7.92. The van der Waals surface area contributed by atoms with Crippen LogP contribution in [0.1, 0.15) is 0 Å². The zero-order valence-electron chi connectivity index (χ0n) is 12.4. The average molecular weight is 371 g/mol. The molecule has 24 heavy (non-hydrogen) atoms. The van der Waals surface area contributed by atoms with Gasteiger partial charge in [0.2, 0.25) is 5.28 Å². The summed E-state index contributed by atoms with van der Waals surface area (Å²) in [6, 6.07) is 6.03. The third-order valence-corrected chi connectivity index (χ3v) is 4.23. The standard InChI is InChI=1S/C15H13Cl2FN4O2/c16-10-7-9(1-2-11(10)18)12-8-13(20-14(17)19-12)21-3-5-22(6-4-21)15(23)24/h1-2,7-8H,3-6H2,(H,23,24). The Morgan fingerprint density at radius 2 is 1.83 bits per heavy atom. The van der Waals surface area contributed by atoms with Crippen molar-refractivity contribution in [1.29, 1.82) is 0 Å². The van der Waals surface area contributed by atoms with Gasteiger partial charge >= 0.3 is 6.09 Å². The molecule has 0 bridgehead atoms. The van der Waals surface area contributed by atoms with Crippen LogP contribution in [0.15, 0.2) is 24.3 Å². The SMILES string of the molecule is O=C(O)N1CCN(c2cc(-c3ccc(F)c(Cl)c3)nc(Cl)n2)CC1. The fourth-order valence-corrected chi connectivity index (χ4v) is 2.86. The van der Waals surface area contributed by atoms with Crippen LogP contribution in [0.5, 0.6) is 0 Å². The van der Waals surface area contributed by atoms with E-state index >= 15 is 0 Å². The summed E-state index contributed by atoms with van der Waals surface area (Å²) in [7, 11) is 0. The molecule has 1 aliphatic heterocycles. The van der Waals surface area contributed by atoms with Crippen molar-refractivity contribution < 1.29 is 14.3 Å². The molecule has 0 atom stereocenters. The van der Waals surface area contributed by atoms with Crippen LogP contribution in [0, 0.1) is 5.82 Å². The summed E-state index contributed by atoms with van der Waals surface area (Å²) < 4.78 is 13.3. The van der Waals surface area contributed by atoms with Crippen LogP contribution in [0.25, 0.3) is 11.3 Å². The highest BCUT2D eigenvalue weighted by atomic mass is 35.5. The third-order valence-electron chi connectivity index (χ3n) is 3.77. The molecular weight excluding hydrogens is 358 g/mol. The Morgan fingerprint density at radius 3 is 2.46 bits per heavy atom. The normalized spacial score (nSPS) is 14.8. The molecule has 1 aromatic carbocycles. The number of carboxylic acid groups (broad SMARTS) is 1. The van der Waals surface area contributed by atoms with Crippen molar-refractivity contribution in [2.24, 2.45) is 0 Å². The van der Waals surface area contributed by atoms with Gasteiger partial charge in [0.15, 0.2) is 0 Å². The van der Waals surface area contributed by atoms with Crippen molar-refractivity contribution in [2.75, 3.05) is 31.1 Å². The van der Waals surface area contributed by atoms with Crippen LogP contribution in [0.3, 0.4) is 0 Å². The molecule has 2 heterocycles. The topological polar surface area (TPSA) is 69.6 Å². The minimum Gasteiger partial charge on any atom is -0.465 e. The minimum atomic E-state index is -0.933. The molecule has 1 fully saturated rings. The number of benzene rings is 1. The number of anilines is 1. The molecule has 0 aliphatic carbocycles. The number of rotatable bonds is 2. The van der Waals surface area contributed by atoms with Gasteiger partial charge in [0.05, 0.1) is 10.7 Å². The van der Waals surface area contributed by atoms with Gasteiger partial charge in [0.1, 0.15) is 11.6 Å². The zero-order valence-corrected chi connectivity index (χ0v) is 13.9. The molecule has 9 heteroatoms. The van der Waals surface area contributed by atoms with E-state index in [4.69, 9.17) is 28.3 Å². The number of hydrogen-bond acceptors (Lipinski definition) is 4. The predicted octanol–water partition coefficient (Wildman–Crippen LogP) is 3.39. The maximum Gasteiger partial charge on any atom is 0.407 e. The number of nitrogens with zero attached hydrogens (tertiary/aromatic N) is 4. The summed E-state index contributed by atoms with van der Waals surface area (Å²) in [5, 5.41) is 9.06. The van der Waals surface area contributed by atoms with Gasteiger partial charge in [-0.3, -0.25) is 0 Å². The summed E-state index contributed by atoms with van der Waals surface area (Å²) in [6.07, 6.45) is -0.933. The molecule has 3 rings (SSSR count). The van der Waals surface area contributed by atoms with Crippen LogP contribution >= 0.6 is 23.2 Å². The Kier molecular flexibility index (Phi) is 4.73. The van der Waals surface area contributed by atoms with Crippen molar-refractivity contribution in [3.63, 3.8) is 0 Å². The first kappa shape index (κ1) is 16.7. The van der Waals surface area contributed by atoms with Gasteiger partial charge in [-0.1, -0.05) is 11.6 Å². The van der Waals surface area contributed by atoms with Crippen molar-refractivity contribution in [2.45, 2.75) is 0 Å². The lowest BCUT2D eigenvalue weighted by molar-refractivity contribution is 0.142. The van der Waals surface area contributed by atoms with Crippen molar-refractivity contribution >= 4 is 35.1 Å². The van der Waals surface area contributed by atoms with Crippen LogP contribution in [0.2, 0.25) is 10.3 Å². The number of aromatic nitrogens is 2. The molecule has 0 radical (unpaired) electrons. The second-order valence-electron chi connectivity index (χ2n) is 5.27. The number of piperazine rings is 1. The molecule has 1 N–H and O–H groups in total. The Morgan fingerprint density at radius 1 is 1.12 bits per heavy atom. The smallest absolute Gasteiger partial charge is 0.407 e. The Bertz CT molecular complexity index is 782. The molecule has 1 aromatic heterocycles. The minimum absolute atomic E-state index is 0.00106. The van der Waals surface area contributed by atoms with Crippen molar-refractivity contribution in [3.05, 3.63) is 40.4 Å². The quantitative estimate of drug-likeness (QED) is 0.820. The lowest BCUT2D eigenvalue weighted by atomic mass is 10.1. The van der Waals surface area contributed by atoms with Crippen LogP contribution < -0.4 is 4.90 Å². The van der Waals surface area contributed by atoms with Crippen LogP contribution in [-0.4, -0.2) is 52.2 Å². The molecule has 0 unspecified atom stereocenters. The maximum atomic E-state index is 13.3. The summed E-state index contributed by atoms with van der Waals surface area (Å²) in [5.74, 6) is 0.0843. The lowest BCUT2D eigenvalue weighted by Gasteiger charge is -2.33. The second kappa shape index (κ2) is 6.78. The molecule has 6 nitrogen and oxygen atoms in total. The lowest BCUT2D eigenvalue weighted by Crippen LogP contribution is -2.48. The number of carbonyl (C=O) groups is 1. The highest BCUT2D eigenvalue weighted by Gasteiger charge is 2.22. The fraction of sp³-hybridized carbons (Fsp3) is 0.267. The van der Waals surface area contributed by atoms with Crippen LogP contribution in [0.4, 0.5) is 15.0 Å². The Hall–Kier alpha value is -2.12. The molecule has 1 saturated heterocycles. The van der Waals surface area contributed by atoms with Gasteiger partial charge in [-0.25, -0.2) is 19.2 Å². The Labute approximate surface area is 147 Å². The first-order valence-electron chi connectivity index (χ1n) is 7.17. The van der Waals surface area contributed by atoms with E-state index in [9.17, 15) is 9.18 Å². The van der Waals surface area contributed by atoms with Gasteiger partial charge in [0.25, 0.3) is 0 Å². The molecule has 1 amide bonds. The van der Waals surface area contributed by atoms with E-state index in [0.717, 1.165) is 0 Å². The summed E-state index contributed by atoms with van der Waals surface area (Å²) in [4.78, 5) is 22.6. The fourth-order valence-electron chi connectivity index (χ4n) is 2.50. The van der Waals surface area contributed by atoms with Crippen molar-refractivity contribution in [1.82, 2.24) is 14.9 Å². The number of halogens is 3. The number of amides is 1. The van der Waals surface area contributed by atoms with Gasteiger partial charge in [0, 0.05) is 37.8 Å². The number of hydrogen-bond donors (Lipinski definition) is 1. The van der Waals surface area contributed by atoms with Gasteiger partial charge < -0.3 is 14.9 Å². The van der Waals surface area contributed by atoms with E-state index in [1.54, 1.807) is 12.1 Å². The van der Waals surface area contributed by atoms with E-state index in [1.165, 1.54) is 17.0 Å². The zero-order chi connectivity index (χ0) is 17.3. The molecule has 2 aromatic rings. The van der Waals surface area contributed by atoms with Crippen LogP contribution in [-0.2, 0) is 0 Å². The summed E-state index contributed by atoms with van der Waals surface area (Å²) in [5.41, 5.74) is 1.14. The summed E-state index contributed by atoms with van der Waals surface area (Å²) >= 11 is 11.8. The summed E-state index contributed by atoms with van der Waals surface area (Å²) in [6.45, 7) is 1.77. The third kappa shape index (κ3) is 3.52. The molecule has 0 saturated carbocycles. The van der Waals surface area contributed by atoms with Gasteiger partial charge in [-0.2, -0.15) is 0 Å².